The van der Waals surface area contributed by atoms with Gasteiger partial charge in [0.05, 0.1) is 22.3 Å². The lowest BCUT2D eigenvalue weighted by atomic mass is 10.2. The van der Waals surface area contributed by atoms with Gasteiger partial charge in [0.25, 0.3) is 0 Å². The van der Waals surface area contributed by atoms with Gasteiger partial charge in [-0.3, -0.25) is 4.79 Å². The number of piperazine rings is 1. The van der Waals surface area contributed by atoms with Crippen LogP contribution in [0.3, 0.4) is 0 Å². The van der Waals surface area contributed by atoms with E-state index >= 15 is 0 Å². The van der Waals surface area contributed by atoms with E-state index in [0.29, 0.717) is 42.1 Å². The van der Waals surface area contributed by atoms with Gasteiger partial charge in [-0.2, -0.15) is 5.10 Å². The van der Waals surface area contributed by atoms with Crippen LogP contribution < -0.4 is 4.90 Å². The fourth-order valence-electron chi connectivity index (χ4n) is 3.90. The number of nitrogens with zero attached hydrogens (tertiary/aromatic N) is 6. The molecule has 3 aromatic rings. The molecule has 0 N–H and O–H groups in total. The number of ether oxygens (including phenoxy) is 1. The third-order valence-corrected chi connectivity index (χ3v) is 5.95. The van der Waals surface area contributed by atoms with Crippen molar-refractivity contribution in [3.05, 3.63) is 41.3 Å². The number of halogens is 1. The highest BCUT2D eigenvalue weighted by Crippen LogP contribution is 2.32. The second-order valence-electron chi connectivity index (χ2n) is 7.73. The Bertz CT molecular complexity index is 1090. The topological polar surface area (TPSA) is 76.4 Å². The van der Waals surface area contributed by atoms with Crippen LogP contribution in [0.5, 0.6) is 0 Å². The van der Waals surface area contributed by atoms with Crippen LogP contribution in [-0.2, 0) is 16.1 Å². The number of benzene rings is 1. The van der Waals surface area contributed by atoms with Crippen LogP contribution in [0.25, 0.3) is 16.7 Å². The lowest BCUT2D eigenvalue weighted by molar-refractivity contribution is -0.132. The van der Waals surface area contributed by atoms with Gasteiger partial charge in [-0.05, 0) is 25.0 Å². The van der Waals surface area contributed by atoms with E-state index in [-0.39, 0.29) is 5.92 Å². The number of amides is 1. The molecule has 1 saturated carbocycles. The van der Waals surface area contributed by atoms with Gasteiger partial charge in [0.2, 0.25) is 5.91 Å². The summed E-state index contributed by atoms with van der Waals surface area (Å²) in [5, 5.41) is 6.01. The van der Waals surface area contributed by atoms with Crippen molar-refractivity contribution in [2.24, 2.45) is 5.92 Å². The summed E-state index contributed by atoms with van der Waals surface area (Å²) >= 11 is 6.40. The highest BCUT2D eigenvalue weighted by atomic mass is 35.5. The fraction of sp³-hybridized carbons (Fsp3) is 0.429. The Morgan fingerprint density at radius 2 is 1.93 bits per heavy atom. The average Bonchev–Trinajstić information content (AvgIpc) is 3.53. The maximum Gasteiger partial charge on any atom is 0.225 e. The minimum absolute atomic E-state index is 0.254. The van der Waals surface area contributed by atoms with E-state index < -0.39 is 0 Å². The molecule has 2 aromatic heterocycles. The monoisotopic (exact) mass is 426 g/mol. The number of para-hydroxylation sites is 1. The molecule has 0 atom stereocenters. The number of fused-ring (bicyclic) bond motifs is 1. The molecule has 2 aliphatic rings. The number of rotatable bonds is 5. The zero-order chi connectivity index (χ0) is 20.7. The Morgan fingerprint density at radius 3 is 2.63 bits per heavy atom. The van der Waals surface area contributed by atoms with Gasteiger partial charge in [0, 0.05) is 39.2 Å². The highest BCUT2D eigenvalue weighted by Gasteiger charge is 2.35. The van der Waals surface area contributed by atoms with E-state index in [2.05, 4.69) is 15.0 Å². The zero-order valence-corrected chi connectivity index (χ0v) is 17.5. The van der Waals surface area contributed by atoms with Crippen LogP contribution in [0.4, 0.5) is 5.82 Å². The van der Waals surface area contributed by atoms with Crippen molar-refractivity contribution < 1.29 is 9.53 Å². The molecule has 0 spiro atoms. The third kappa shape index (κ3) is 3.50. The van der Waals surface area contributed by atoms with E-state index in [1.807, 2.05) is 29.2 Å². The molecule has 156 valence electrons. The van der Waals surface area contributed by atoms with Gasteiger partial charge >= 0.3 is 0 Å². The average molecular weight is 427 g/mol. The van der Waals surface area contributed by atoms with Crippen molar-refractivity contribution in [3.8, 4) is 5.69 Å². The Kier molecular flexibility index (Phi) is 5.04. The van der Waals surface area contributed by atoms with Gasteiger partial charge in [-0.15, -0.1) is 0 Å². The van der Waals surface area contributed by atoms with Gasteiger partial charge in [-0.1, -0.05) is 23.7 Å². The molecule has 8 nitrogen and oxygen atoms in total. The van der Waals surface area contributed by atoms with Crippen molar-refractivity contribution in [1.82, 2.24) is 24.6 Å². The first-order valence-electron chi connectivity index (χ1n) is 10.2. The maximum absolute atomic E-state index is 12.4. The van der Waals surface area contributed by atoms with Gasteiger partial charge in [0.1, 0.15) is 12.4 Å². The minimum Gasteiger partial charge on any atom is -0.377 e. The van der Waals surface area contributed by atoms with Gasteiger partial charge in [-0.25, -0.2) is 14.6 Å². The Balaban J connectivity index is 1.50. The van der Waals surface area contributed by atoms with Crippen LogP contribution >= 0.6 is 11.6 Å². The molecule has 1 amide bonds. The Labute approximate surface area is 179 Å². The van der Waals surface area contributed by atoms with Crippen LogP contribution in [0.1, 0.15) is 18.7 Å². The molecule has 1 aliphatic heterocycles. The molecule has 2 fully saturated rings. The molecule has 5 rings (SSSR count). The second kappa shape index (κ2) is 7.85. The van der Waals surface area contributed by atoms with Crippen LogP contribution in [-0.4, -0.2) is 63.8 Å². The molecule has 0 radical (unpaired) electrons. The minimum atomic E-state index is 0.254. The molecule has 1 aromatic carbocycles. The Morgan fingerprint density at radius 1 is 1.17 bits per heavy atom. The van der Waals surface area contributed by atoms with Crippen LogP contribution in [0.15, 0.2) is 30.5 Å². The van der Waals surface area contributed by atoms with E-state index in [0.717, 1.165) is 42.8 Å². The lowest BCUT2D eigenvalue weighted by Crippen LogP contribution is -2.49. The fourth-order valence-corrected chi connectivity index (χ4v) is 4.11. The second-order valence-corrected chi connectivity index (χ2v) is 8.14. The summed E-state index contributed by atoms with van der Waals surface area (Å²) in [6.45, 7) is 3.18. The van der Waals surface area contributed by atoms with Gasteiger partial charge in [0.15, 0.2) is 11.5 Å². The summed E-state index contributed by atoms with van der Waals surface area (Å²) in [6.07, 6.45) is 3.85. The normalized spacial score (nSPS) is 17.0. The first-order valence-corrected chi connectivity index (χ1v) is 10.6. The van der Waals surface area contributed by atoms with Crippen molar-refractivity contribution in [2.45, 2.75) is 19.4 Å². The molecular formula is C21H23ClN6O2. The quantitative estimate of drug-likeness (QED) is 0.624. The molecule has 1 saturated heterocycles. The van der Waals surface area contributed by atoms with Crippen LogP contribution in [0.2, 0.25) is 5.02 Å². The number of carbonyl (C=O) groups excluding carboxylic acids is 1. The summed E-state index contributed by atoms with van der Waals surface area (Å²) < 4.78 is 7.04. The Hall–Kier alpha value is -2.71. The summed E-state index contributed by atoms with van der Waals surface area (Å²) in [4.78, 5) is 26.0. The zero-order valence-electron chi connectivity index (χ0n) is 16.8. The lowest BCUT2D eigenvalue weighted by Gasteiger charge is -2.35. The SMILES string of the molecule is COCc1nc(N2CCN(C(=O)C3CC3)CC2)c2cnn(-c3ccccc3Cl)c2n1. The van der Waals surface area contributed by atoms with E-state index in [1.165, 1.54) is 0 Å². The number of anilines is 1. The molecule has 0 unspecified atom stereocenters. The molecule has 30 heavy (non-hydrogen) atoms. The molecule has 9 heteroatoms. The summed E-state index contributed by atoms with van der Waals surface area (Å²) in [5.41, 5.74) is 1.46. The summed E-state index contributed by atoms with van der Waals surface area (Å²) in [7, 11) is 1.63. The third-order valence-electron chi connectivity index (χ3n) is 5.63. The summed E-state index contributed by atoms with van der Waals surface area (Å²) in [5.74, 6) is 1.97. The standard InChI is InChI=1S/C21H23ClN6O2/c1-30-13-18-24-19(26-8-10-27(11-9-26)21(29)14-6-7-14)15-12-23-28(20(15)25-18)17-5-3-2-4-16(17)22/h2-5,12,14H,6-11,13H2,1H3. The van der Waals surface area contributed by atoms with E-state index in [4.69, 9.17) is 21.3 Å². The van der Waals surface area contributed by atoms with E-state index in [1.54, 1.807) is 18.0 Å². The molecular weight excluding hydrogens is 404 g/mol. The van der Waals surface area contributed by atoms with Crippen molar-refractivity contribution >= 4 is 34.4 Å². The van der Waals surface area contributed by atoms with Gasteiger partial charge < -0.3 is 14.5 Å². The highest BCUT2D eigenvalue weighted by molar-refractivity contribution is 6.32. The first kappa shape index (κ1) is 19.3. The number of hydrogen-bond donors (Lipinski definition) is 0. The largest absolute Gasteiger partial charge is 0.377 e. The molecule has 3 heterocycles. The predicted octanol–water partition coefficient (Wildman–Crippen LogP) is 2.67. The number of carbonyl (C=O) groups is 1. The number of aromatic nitrogens is 4. The maximum atomic E-state index is 12.4. The van der Waals surface area contributed by atoms with Crippen molar-refractivity contribution in [2.75, 3.05) is 38.2 Å². The van der Waals surface area contributed by atoms with Crippen molar-refractivity contribution in [1.29, 1.82) is 0 Å². The van der Waals surface area contributed by atoms with E-state index in [9.17, 15) is 4.79 Å². The molecule has 1 aliphatic carbocycles. The smallest absolute Gasteiger partial charge is 0.225 e. The number of hydrogen-bond acceptors (Lipinski definition) is 6. The molecule has 0 bridgehead atoms. The number of methoxy groups -OCH3 is 1. The first-order chi connectivity index (χ1) is 14.7. The van der Waals surface area contributed by atoms with Crippen LogP contribution in [0, 0.1) is 5.92 Å². The predicted molar refractivity (Wildman–Crippen MR) is 114 cm³/mol. The summed E-state index contributed by atoms with van der Waals surface area (Å²) in [6, 6.07) is 7.55. The van der Waals surface area contributed by atoms with Crippen molar-refractivity contribution in [3.63, 3.8) is 0 Å².